The molecule has 26 heavy (non-hydrogen) atoms. The number of nitrogens with one attached hydrogen (secondary N) is 2. The first kappa shape index (κ1) is 19.7. The van der Waals surface area contributed by atoms with Gasteiger partial charge in [-0.3, -0.25) is 14.5 Å². The highest BCUT2D eigenvalue weighted by Gasteiger charge is 2.23. The molecule has 0 radical (unpaired) electrons. The average molecular weight is 379 g/mol. The van der Waals surface area contributed by atoms with Crippen molar-refractivity contribution in [2.45, 2.75) is 11.8 Å². The van der Waals surface area contributed by atoms with Crippen LogP contribution in [0.15, 0.2) is 47.6 Å². The van der Waals surface area contributed by atoms with E-state index in [4.69, 9.17) is 9.47 Å². The Bertz CT molecular complexity index is 855. The van der Waals surface area contributed by atoms with Gasteiger partial charge in [0.25, 0.3) is 15.9 Å². The number of hydrogen-bond acceptors (Lipinski definition) is 6. The highest BCUT2D eigenvalue weighted by Crippen LogP contribution is 2.26. The summed E-state index contributed by atoms with van der Waals surface area (Å²) in [6.07, 6.45) is 2.85. The summed E-state index contributed by atoms with van der Waals surface area (Å²) in [5, 5.41) is 2.61. The van der Waals surface area contributed by atoms with Gasteiger partial charge in [-0.2, -0.15) is 0 Å². The Morgan fingerprint density at radius 1 is 1.23 bits per heavy atom. The van der Waals surface area contributed by atoms with Crippen molar-refractivity contribution in [1.29, 1.82) is 0 Å². The molecular formula is C17H21N3O5S. The Labute approximate surface area is 152 Å². The van der Waals surface area contributed by atoms with Gasteiger partial charge in [0.2, 0.25) is 0 Å². The fourth-order valence-corrected chi connectivity index (χ4v) is 3.45. The third-order valence-corrected chi connectivity index (χ3v) is 4.76. The van der Waals surface area contributed by atoms with E-state index in [1.54, 1.807) is 25.1 Å². The topological polar surface area (TPSA) is 107 Å². The smallest absolute Gasteiger partial charge is 0.262 e. The molecule has 1 aromatic carbocycles. The van der Waals surface area contributed by atoms with Crippen molar-refractivity contribution in [3.05, 3.63) is 48.3 Å². The van der Waals surface area contributed by atoms with Gasteiger partial charge in [-0.1, -0.05) is 12.1 Å². The monoisotopic (exact) mass is 379 g/mol. The molecule has 2 N–H and O–H groups in total. The van der Waals surface area contributed by atoms with Gasteiger partial charge in [-0.25, -0.2) is 8.42 Å². The van der Waals surface area contributed by atoms with Crippen LogP contribution in [0.5, 0.6) is 5.75 Å². The molecule has 0 spiro atoms. The number of carbonyl (C=O) groups excluding carboxylic acids is 1. The van der Waals surface area contributed by atoms with Gasteiger partial charge < -0.3 is 14.8 Å². The number of carbonyl (C=O) groups is 1. The summed E-state index contributed by atoms with van der Waals surface area (Å²) in [4.78, 5) is 16.1. The summed E-state index contributed by atoms with van der Waals surface area (Å²) in [5.41, 5.74) is 0.238. The zero-order valence-corrected chi connectivity index (χ0v) is 15.4. The Balaban J connectivity index is 2.31. The summed E-state index contributed by atoms with van der Waals surface area (Å²) in [7, 11) is -2.51. The molecule has 0 bridgehead atoms. The number of amides is 1. The molecule has 0 unspecified atom stereocenters. The second-order valence-corrected chi connectivity index (χ2v) is 6.81. The van der Waals surface area contributed by atoms with Crippen LogP contribution in [-0.4, -0.2) is 46.2 Å². The minimum atomic E-state index is -4.02. The van der Waals surface area contributed by atoms with E-state index in [0.29, 0.717) is 19.0 Å². The maximum Gasteiger partial charge on any atom is 0.262 e. The van der Waals surface area contributed by atoms with E-state index in [-0.39, 0.29) is 22.7 Å². The molecule has 2 rings (SSSR count). The fraction of sp³-hybridized carbons (Fsp3) is 0.294. The first-order chi connectivity index (χ1) is 12.5. The lowest BCUT2D eigenvalue weighted by Crippen LogP contribution is -2.29. The van der Waals surface area contributed by atoms with Crippen molar-refractivity contribution in [3.8, 4) is 5.75 Å². The molecule has 0 aliphatic carbocycles. The van der Waals surface area contributed by atoms with Crippen molar-refractivity contribution in [2.75, 3.05) is 31.6 Å². The van der Waals surface area contributed by atoms with E-state index in [9.17, 15) is 13.2 Å². The lowest BCUT2D eigenvalue weighted by atomic mass is 10.2. The first-order valence-corrected chi connectivity index (χ1v) is 9.43. The van der Waals surface area contributed by atoms with Crippen molar-refractivity contribution in [3.63, 3.8) is 0 Å². The molecule has 1 heterocycles. The normalized spacial score (nSPS) is 11.0. The van der Waals surface area contributed by atoms with Crippen molar-refractivity contribution in [2.24, 2.45) is 0 Å². The highest BCUT2D eigenvalue weighted by molar-refractivity contribution is 7.92. The number of sulfonamides is 1. The van der Waals surface area contributed by atoms with Gasteiger partial charge in [-0.15, -0.1) is 0 Å². The summed E-state index contributed by atoms with van der Waals surface area (Å²) in [5.74, 6) is -0.146. The largest absolute Gasteiger partial charge is 0.492 e. The molecule has 0 aliphatic heterocycles. The molecule has 1 amide bonds. The third-order valence-electron chi connectivity index (χ3n) is 3.34. The number of benzene rings is 1. The second-order valence-electron chi connectivity index (χ2n) is 5.16. The van der Waals surface area contributed by atoms with E-state index in [1.165, 1.54) is 31.6 Å². The number of pyridine rings is 1. The van der Waals surface area contributed by atoms with E-state index < -0.39 is 15.9 Å². The van der Waals surface area contributed by atoms with Gasteiger partial charge in [-0.05, 0) is 19.1 Å². The fourth-order valence-electron chi connectivity index (χ4n) is 2.19. The van der Waals surface area contributed by atoms with Crippen LogP contribution < -0.4 is 14.8 Å². The number of methoxy groups -OCH3 is 1. The molecule has 0 saturated carbocycles. The van der Waals surface area contributed by atoms with Crippen LogP contribution >= 0.6 is 0 Å². The van der Waals surface area contributed by atoms with Crippen molar-refractivity contribution < 1.29 is 22.7 Å². The van der Waals surface area contributed by atoms with Crippen LogP contribution in [0.25, 0.3) is 0 Å². The van der Waals surface area contributed by atoms with E-state index >= 15 is 0 Å². The van der Waals surface area contributed by atoms with Crippen LogP contribution in [-0.2, 0) is 14.8 Å². The molecule has 0 aliphatic rings. The molecule has 1 aromatic heterocycles. The molecule has 0 saturated heterocycles. The number of rotatable bonds is 9. The van der Waals surface area contributed by atoms with Gasteiger partial charge >= 0.3 is 0 Å². The number of ether oxygens (including phenoxy) is 2. The summed E-state index contributed by atoms with van der Waals surface area (Å²) in [6, 6.07) is 7.52. The van der Waals surface area contributed by atoms with Crippen molar-refractivity contribution >= 4 is 21.6 Å². The highest BCUT2D eigenvalue weighted by atomic mass is 32.2. The zero-order valence-electron chi connectivity index (χ0n) is 14.6. The predicted molar refractivity (Wildman–Crippen MR) is 96.9 cm³/mol. The SMILES string of the molecule is CCOc1ccncc1NS(=O)(=O)c1ccccc1C(=O)NCCOC. The minimum absolute atomic E-state index is 0.0398. The van der Waals surface area contributed by atoms with Crippen LogP contribution in [0.1, 0.15) is 17.3 Å². The van der Waals surface area contributed by atoms with E-state index in [2.05, 4.69) is 15.0 Å². The van der Waals surface area contributed by atoms with Gasteiger partial charge in [0.1, 0.15) is 16.3 Å². The van der Waals surface area contributed by atoms with Crippen molar-refractivity contribution in [1.82, 2.24) is 10.3 Å². The van der Waals surface area contributed by atoms with E-state index in [1.807, 2.05) is 0 Å². The number of aromatic nitrogens is 1. The Hall–Kier alpha value is -2.65. The zero-order chi connectivity index (χ0) is 19.0. The standard InChI is InChI=1S/C17H21N3O5S/c1-3-25-15-8-9-18-12-14(15)20-26(22,23)16-7-5-4-6-13(16)17(21)19-10-11-24-2/h4-9,12,20H,3,10-11H2,1-2H3,(H,19,21). The molecule has 2 aromatic rings. The Morgan fingerprint density at radius 3 is 2.73 bits per heavy atom. The van der Waals surface area contributed by atoms with Crippen LogP contribution in [0.3, 0.4) is 0 Å². The number of hydrogen-bond donors (Lipinski definition) is 2. The van der Waals surface area contributed by atoms with Crippen LogP contribution in [0.2, 0.25) is 0 Å². The molecule has 9 heteroatoms. The summed E-state index contributed by atoms with van der Waals surface area (Å²) < 4.78 is 38.3. The molecule has 0 fully saturated rings. The summed E-state index contributed by atoms with van der Waals surface area (Å²) in [6.45, 7) is 2.76. The number of nitrogens with zero attached hydrogens (tertiary/aromatic N) is 1. The molecule has 0 atom stereocenters. The van der Waals surface area contributed by atoms with E-state index in [0.717, 1.165) is 0 Å². The Kier molecular flexibility index (Phi) is 6.93. The minimum Gasteiger partial charge on any atom is -0.492 e. The lowest BCUT2D eigenvalue weighted by molar-refractivity contribution is 0.0934. The quantitative estimate of drug-likeness (QED) is 0.642. The second kappa shape index (κ2) is 9.16. The molecule has 8 nitrogen and oxygen atoms in total. The van der Waals surface area contributed by atoms with Crippen LogP contribution in [0.4, 0.5) is 5.69 Å². The maximum absolute atomic E-state index is 12.8. The maximum atomic E-state index is 12.8. The predicted octanol–water partition coefficient (Wildman–Crippen LogP) is 1.66. The summed E-state index contributed by atoms with van der Waals surface area (Å²) >= 11 is 0. The third kappa shape index (κ3) is 4.93. The molecule has 140 valence electrons. The Morgan fingerprint density at radius 2 is 2.00 bits per heavy atom. The van der Waals surface area contributed by atoms with Gasteiger partial charge in [0, 0.05) is 25.9 Å². The van der Waals surface area contributed by atoms with Gasteiger partial charge in [0.15, 0.2) is 0 Å². The number of anilines is 1. The van der Waals surface area contributed by atoms with Crippen LogP contribution in [0, 0.1) is 0 Å². The average Bonchev–Trinajstić information content (AvgIpc) is 2.63. The lowest BCUT2D eigenvalue weighted by Gasteiger charge is -2.14. The first-order valence-electron chi connectivity index (χ1n) is 7.95. The van der Waals surface area contributed by atoms with Gasteiger partial charge in [0.05, 0.1) is 25.0 Å². The molecular weight excluding hydrogens is 358 g/mol.